The summed E-state index contributed by atoms with van der Waals surface area (Å²) in [5.74, 6) is -1.50. The van der Waals surface area contributed by atoms with Gasteiger partial charge < -0.3 is 10.1 Å². The molecule has 1 unspecified atom stereocenters. The molecule has 2 rings (SSSR count). The van der Waals surface area contributed by atoms with E-state index in [0.717, 1.165) is 11.6 Å². The van der Waals surface area contributed by atoms with Gasteiger partial charge in [-0.2, -0.15) is 4.39 Å². The minimum atomic E-state index is -0.977. The molecular formula is C15H15F2NO. The van der Waals surface area contributed by atoms with Crippen LogP contribution in [-0.2, 0) is 0 Å². The minimum Gasteiger partial charge on any atom is -0.454 e. The molecule has 19 heavy (non-hydrogen) atoms. The third kappa shape index (κ3) is 2.90. The van der Waals surface area contributed by atoms with E-state index in [0.29, 0.717) is 5.75 Å². The SMILES string of the molecule is CNC(C)c1ccccc1Oc1cccc(F)c1F. The lowest BCUT2D eigenvalue weighted by molar-refractivity contribution is 0.409. The summed E-state index contributed by atoms with van der Waals surface area (Å²) in [6.07, 6.45) is 0. The molecule has 0 radical (unpaired) electrons. The van der Waals surface area contributed by atoms with E-state index in [1.54, 1.807) is 12.1 Å². The van der Waals surface area contributed by atoms with E-state index in [1.807, 2.05) is 26.1 Å². The van der Waals surface area contributed by atoms with E-state index < -0.39 is 11.6 Å². The zero-order valence-corrected chi connectivity index (χ0v) is 10.8. The Morgan fingerprint density at radius 2 is 1.68 bits per heavy atom. The molecule has 2 aromatic rings. The molecule has 100 valence electrons. The van der Waals surface area contributed by atoms with Crippen molar-refractivity contribution in [2.75, 3.05) is 7.05 Å². The predicted molar refractivity (Wildman–Crippen MR) is 70.3 cm³/mol. The second kappa shape index (κ2) is 5.80. The normalized spacial score (nSPS) is 12.2. The Balaban J connectivity index is 2.36. The highest BCUT2D eigenvalue weighted by molar-refractivity contribution is 5.40. The third-order valence-electron chi connectivity index (χ3n) is 2.95. The third-order valence-corrected chi connectivity index (χ3v) is 2.95. The largest absolute Gasteiger partial charge is 0.454 e. The van der Waals surface area contributed by atoms with Crippen molar-refractivity contribution in [3.05, 3.63) is 59.7 Å². The van der Waals surface area contributed by atoms with E-state index >= 15 is 0 Å². The number of rotatable bonds is 4. The van der Waals surface area contributed by atoms with Crippen molar-refractivity contribution in [3.63, 3.8) is 0 Å². The molecule has 0 saturated heterocycles. The van der Waals surface area contributed by atoms with Crippen LogP contribution in [0.4, 0.5) is 8.78 Å². The van der Waals surface area contributed by atoms with Crippen LogP contribution in [0.3, 0.4) is 0 Å². The molecule has 0 aliphatic heterocycles. The molecule has 2 nitrogen and oxygen atoms in total. The maximum absolute atomic E-state index is 13.6. The smallest absolute Gasteiger partial charge is 0.201 e. The van der Waals surface area contributed by atoms with E-state index in [4.69, 9.17) is 4.74 Å². The van der Waals surface area contributed by atoms with Crippen LogP contribution in [0.2, 0.25) is 0 Å². The molecule has 4 heteroatoms. The first-order valence-electron chi connectivity index (χ1n) is 6.01. The number of para-hydroxylation sites is 1. The Morgan fingerprint density at radius 3 is 2.42 bits per heavy atom. The molecule has 0 aromatic heterocycles. The predicted octanol–water partition coefficient (Wildman–Crippen LogP) is 4.04. The van der Waals surface area contributed by atoms with Gasteiger partial charge >= 0.3 is 0 Å². The Labute approximate surface area is 111 Å². The van der Waals surface area contributed by atoms with Crippen LogP contribution in [0, 0.1) is 11.6 Å². The number of hydrogen-bond acceptors (Lipinski definition) is 2. The number of ether oxygens (including phenoxy) is 1. The van der Waals surface area contributed by atoms with Crippen molar-refractivity contribution >= 4 is 0 Å². The van der Waals surface area contributed by atoms with Gasteiger partial charge in [-0.05, 0) is 32.2 Å². The molecule has 0 fully saturated rings. The Bertz CT molecular complexity index is 572. The molecule has 1 atom stereocenters. The van der Waals surface area contributed by atoms with Gasteiger partial charge in [0.05, 0.1) is 0 Å². The monoisotopic (exact) mass is 263 g/mol. The van der Waals surface area contributed by atoms with Gasteiger partial charge in [0.25, 0.3) is 0 Å². The highest BCUT2D eigenvalue weighted by Gasteiger charge is 2.14. The van der Waals surface area contributed by atoms with Gasteiger partial charge in [0.2, 0.25) is 5.82 Å². The zero-order chi connectivity index (χ0) is 13.8. The first-order valence-corrected chi connectivity index (χ1v) is 6.01. The van der Waals surface area contributed by atoms with E-state index in [1.165, 1.54) is 12.1 Å². The van der Waals surface area contributed by atoms with Crippen LogP contribution < -0.4 is 10.1 Å². The van der Waals surface area contributed by atoms with Gasteiger partial charge in [-0.3, -0.25) is 0 Å². The zero-order valence-electron chi connectivity index (χ0n) is 10.8. The molecule has 0 aliphatic carbocycles. The van der Waals surface area contributed by atoms with Gasteiger partial charge in [-0.15, -0.1) is 0 Å². The van der Waals surface area contributed by atoms with Crippen molar-refractivity contribution in [1.29, 1.82) is 0 Å². The van der Waals surface area contributed by atoms with Gasteiger partial charge in [0, 0.05) is 11.6 Å². The van der Waals surface area contributed by atoms with Crippen molar-refractivity contribution in [2.24, 2.45) is 0 Å². The molecule has 2 aromatic carbocycles. The van der Waals surface area contributed by atoms with E-state index in [2.05, 4.69) is 5.32 Å². The molecule has 0 spiro atoms. The lowest BCUT2D eigenvalue weighted by Gasteiger charge is -2.16. The second-order valence-corrected chi connectivity index (χ2v) is 4.20. The summed E-state index contributed by atoms with van der Waals surface area (Å²) < 4.78 is 32.2. The number of hydrogen-bond donors (Lipinski definition) is 1. The minimum absolute atomic E-state index is 0.0489. The van der Waals surface area contributed by atoms with Crippen LogP contribution in [0.5, 0.6) is 11.5 Å². The maximum Gasteiger partial charge on any atom is 0.201 e. The summed E-state index contributed by atoms with van der Waals surface area (Å²) in [5, 5.41) is 3.09. The lowest BCUT2D eigenvalue weighted by atomic mass is 10.1. The standard InChI is InChI=1S/C15H15F2NO/c1-10(18-2)11-6-3-4-8-13(11)19-14-9-5-7-12(16)15(14)17/h3-10,18H,1-2H3. The molecule has 1 N–H and O–H groups in total. The average molecular weight is 263 g/mol. The Morgan fingerprint density at radius 1 is 1.00 bits per heavy atom. The topological polar surface area (TPSA) is 21.3 Å². The van der Waals surface area contributed by atoms with Gasteiger partial charge in [-0.1, -0.05) is 24.3 Å². The van der Waals surface area contributed by atoms with Crippen LogP contribution in [0.1, 0.15) is 18.5 Å². The van der Waals surface area contributed by atoms with Gasteiger partial charge in [0.15, 0.2) is 11.6 Å². The summed E-state index contributed by atoms with van der Waals surface area (Å²) >= 11 is 0. The summed E-state index contributed by atoms with van der Waals surface area (Å²) in [6.45, 7) is 1.96. The van der Waals surface area contributed by atoms with Crippen molar-refractivity contribution in [3.8, 4) is 11.5 Å². The summed E-state index contributed by atoms with van der Waals surface area (Å²) in [5.41, 5.74) is 0.883. The van der Waals surface area contributed by atoms with Crippen LogP contribution in [0.15, 0.2) is 42.5 Å². The highest BCUT2D eigenvalue weighted by Crippen LogP contribution is 2.31. The summed E-state index contributed by atoms with van der Waals surface area (Å²) in [4.78, 5) is 0. The number of benzene rings is 2. The van der Waals surface area contributed by atoms with Gasteiger partial charge in [0.1, 0.15) is 5.75 Å². The lowest BCUT2D eigenvalue weighted by Crippen LogP contribution is -2.13. The number of nitrogens with one attached hydrogen (secondary N) is 1. The fourth-order valence-electron chi connectivity index (χ4n) is 1.77. The van der Waals surface area contributed by atoms with Crippen molar-refractivity contribution in [1.82, 2.24) is 5.32 Å². The Hall–Kier alpha value is -1.94. The molecule has 0 amide bonds. The Kier molecular flexibility index (Phi) is 4.12. The van der Waals surface area contributed by atoms with Crippen LogP contribution >= 0.6 is 0 Å². The molecule has 0 saturated carbocycles. The fourth-order valence-corrected chi connectivity index (χ4v) is 1.77. The van der Waals surface area contributed by atoms with E-state index in [9.17, 15) is 8.78 Å². The van der Waals surface area contributed by atoms with Crippen molar-refractivity contribution in [2.45, 2.75) is 13.0 Å². The van der Waals surface area contributed by atoms with Crippen LogP contribution in [0.25, 0.3) is 0 Å². The average Bonchev–Trinajstić information content (AvgIpc) is 2.43. The van der Waals surface area contributed by atoms with Gasteiger partial charge in [-0.25, -0.2) is 4.39 Å². The van der Waals surface area contributed by atoms with E-state index in [-0.39, 0.29) is 11.8 Å². The fraction of sp³-hybridized carbons (Fsp3) is 0.200. The molecular weight excluding hydrogens is 248 g/mol. The molecule has 0 aliphatic rings. The van der Waals surface area contributed by atoms with Crippen LogP contribution in [-0.4, -0.2) is 7.05 Å². The van der Waals surface area contributed by atoms with Crippen molar-refractivity contribution < 1.29 is 13.5 Å². The summed E-state index contributed by atoms with van der Waals surface area (Å²) in [7, 11) is 1.82. The first-order chi connectivity index (χ1) is 9.13. The summed E-state index contributed by atoms with van der Waals surface area (Å²) in [6, 6.07) is 11.2. The quantitative estimate of drug-likeness (QED) is 0.899. The second-order valence-electron chi connectivity index (χ2n) is 4.20. The maximum atomic E-state index is 13.6. The molecule has 0 heterocycles. The number of halogens is 2. The molecule has 0 bridgehead atoms. The highest BCUT2D eigenvalue weighted by atomic mass is 19.2. The first kappa shape index (κ1) is 13.5.